The van der Waals surface area contributed by atoms with Crippen LogP contribution in [0.25, 0.3) is 21.8 Å². The number of hydrogen-bond donors (Lipinski definition) is 1. The first-order valence-electron chi connectivity index (χ1n) is 12.9. The molecule has 2 aromatic heterocycles. The lowest BCUT2D eigenvalue weighted by Crippen LogP contribution is -2.29. The van der Waals surface area contributed by atoms with Gasteiger partial charge in [-0.25, -0.2) is 4.79 Å². The highest BCUT2D eigenvalue weighted by Gasteiger charge is 2.24. The molecule has 0 atom stereocenters. The SMILES string of the molecule is CCN(CC)CCCOc1cc2nccc(Oc3ccc4c(ccn4C(=O)NC4CC4)c3)c2cc1C#N. The third kappa shape index (κ3) is 5.52. The van der Waals surface area contributed by atoms with Gasteiger partial charge in [-0.05, 0) is 68.8 Å². The third-order valence-electron chi connectivity index (χ3n) is 6.71. The number of carbonyl (C=O) groups excluding carboxylic acids is 1. The molecule has 1 amide bonds. The van der Waals surface area contributed by atoms with Crippen molar-refractivity contribution in [3.8, 4) is 23.3 Å². The van der Waals surface area contributed by atoms with Crippen molar-refractivity contribution < 1.29 is 14.3 Å². The molecule has 0 radical (unpaired) electrons. The molecule has 0 unspecified atom stereocenters. The highest BCUT2D eigenvalue weighted by Crippen LogP contribution is 2.34. The Labute approximate surface area is 216 Å². The van der Waals surface area contributed by atoms with E-state index in [0.717, 1.165) is 55.2 Å². The minimum Gasteiger partial charge on any atom is -0.492 e. The van der Waals surface area contributed by atoms with E-state index in [2.05, 4.69) is 35.1 Å². The summed E-state index contributed by atoms with van der Waals surface area (Å²) in [5.41, 5.74) is 1.96. The molecule has 0 saturated heterocycles. The first kappa shape index (κ1) is 24.6. The van der Waals surface area contributed by atoms with Crippen LogP contribution in [0.4, 0.5) is 4.79 Å². The zero-order chi connectivity index (χ0) is 25.8. The summed E-state index contributed by atoms with van der Waals surface area (Å²) >= 11 is 0. The molecule has 1 aliphatic rings. The molecule has 0 bridgehead atoms. The monoisotopic (exact) mass is 497 g/mol. The molecular weight excluding hydrogens is 466 g/mol. The molecule has 190 valence electrons. The summed E-state index contributed by atoms with van der Waals surface area (Å²) in [6.07, 6.45) is 6.43. The van der Waals surface area contributed by atoms with Crippen LogP contribution in [0.5, 0.6) is 17.2 Å². The number of amides is 1. The molecule has 2 heterocycles. The van der Waals surface area contributed by atoms with E-state index in [9.17, 15) is 10.1 Å². The molecular formula is C29H31N5O3. The van der Waals surface area contributed by atoms with Crippen LogP contribution < -0.4 is 14.8 Å². The normalized spacial score (nSPS) is 13.1. The molecule has 5 rings (SSSR count). The summed E-state index contributed by atoms with van der Waals surface area (Å²) in [6, 6.07) is 15.3. The third-order valence-corrected chi connectivity index (χ3v) is 6.71. The molecule has 0 aliphatic heterocycles. The zero-order valence-electron chi connectivity index (χ0n) is 21.2. The Bertz CT molecular complexity index is 1460. The van der Waals surface area contributed by atoms with Gasteiger partial charge in [0.15, 0.2) is 0 Å². The van der Waals surface area contributed by atoms with Gasteiger partial charge in [-0.15, -0.1) is 0 Å². The summed E-state index contributed by atoms with van der Waals surface area (Å²) in [6.45, 7) is 7.81. The highest BCUT2D eigenvalue weighted by atomic mass is 16.5. The van der Waals surface area contributed by atoms with Crippen LogP contribution in [0.15, 0.2) is 54.9 Å². The van der Waals surface area contributed by atoms with Gasteiger partial charge in [-0.2, -0.15) is 5.26 Å². The Hall–Kier alpha value is -4.09. The van der Waals surface area contributed by atoms with Crippen molar-refractivity contribution in [1.29, 1.82) is 5.26 Å². The zero-order valence-corrected chi connectivity index (χ0v) is 21.2. The molecule has 4 aromatic rings. The van der Waals surface area contributed by atoms with Crippen molar-refractivity contribution in [3.05, 3.63) is 60.4 Å². The Morgan fingerprint density at radius 3 is 2.76 bits per heavy atom. The number of carbonyl (C=O) groups is 1. The molecule has 1 fully saturated rings. The van der Waals surface area contributed by atoms with Gasteiger partial charge in [0, 0.05) is 41.8 Å². The Morgan fingerprint density at radius 2 is 2.00 bits per heavy atom. The van der Waals surface area contributed by atoms with Crippen molar-refractivity contribution in [1.82, 2.24) is 19.8 Å². The van der Waals surface area contributed by atoms with Crippen molar-refractivity contribution in [2.75, 3.05) is 26.2 Å². The number of rotatable bonds is 10. The average molecular weight is 498 g/mol. The Kier molecular flexibility index (Phi) is 7.24. The smallest absolute Gasteiger partial charge is 0.326 e. The van der Waals surface area contributed by atoms with E-state index < -0.39 is 0 Å². The predicted molar refractivity (Wildman–Crippen MR) is 143 cm³/mol. The van der Waals surface area contributed by atoms with Gasteiger partial charge < -0.3 is 19.7 Å². The summed E-state index contributed by atoms with van der Waals surface area (Å²) in [5.74, 6) is 1.77. The van der Waals surface area contributed by atoms with Gasteiger partial charge in [0.25, 0.3) is 0 Å². The molecule has 0 spiro atoms. The molecule has 8 heteroatoms. The number of benzene rings is 2. The fraction of sp³-hybridized carbons (Fsp3) is 0.345. The second kappa shape index (κ2) is 10.9. The van der Waals surface area contributed by atoms with Gasteiger partial charge in [-0.3, -0.25) is 9.55 Å². The fourth-order valence-corrected chi connectivity index (χ4v) is 4.41. The minimum atomic E-state index is -0.110. The summed E-state index contributed by atoms with van der Waals surface area (Å²) in [5, 5.41) is 14.4. The van der Waals surface area contributed by atoms with Crippen LogP contribution in [-0.2, 0) is 0 Å². The summed E-state index contributed by atoms with van der Waals surface area (Å²) in [7, 11) is 0. The molecule has 1 aliphatic carbocycles. The number of nitriles is 1. The first-order valence-corrected chi connectivity index (χ1v) is 12.9. The lowest BCUT2D eigenvalue weighted by atomic mass is 10.1. The maximum Gasteiger partial charge on any atom is 0.326 e. The number of pyridine rings is 1. The van der Waals surface area contributed by atoms with E-state index in [1.807, 2.05) is 24.3 Å². The average Bonchev–Trinajstić information content (AvgIpc) is 3.63. The molecule has 1 saturated carbocycles. The van der Waals surface area contributed by atoms with Crippen molar-refractivity contribution in [2.45, 2.75) is 39.2 Å². The second-order valence-electron chi connectivity index (χ2n) is 9.25. The number of hydrogen-bond acceptors (Lipinski definition) is 6. The number of ether oxygens (including phenoxy) is 2. The standard InChI is InChI=1S/C29H31N5O3/c1-3-33(4-2)13-5-15-36-28-18-25-24(17-21(28)19-30)27(10-12-31-25)37-23-8-9-26-20(16-23)11-14-34(26)29(35)32-22-6-7-22/h8-12,14,16-18,22H,3-7,13,15H2,1-2H3,(H,32,35). The van der Waals surface area contributed by atoms with E-state index in [1.165, 1.54) is 0 Å². The molecule has 1 N–H and O–H groups in total. The van der Waals surface area contributed by atoms with E-state index in [0.29, 0.717) is 41.0 Å². The number of nitrogens with one attached hydrogen (secondary N) is 1. The highest BCUT2D eigenvalue weighted by molar-refractivity contribution is 5.93. The van der Waals surface area contributed by atoms with Crippen LogP contribution in [0.1, 0.15) is 38.7 Å². The van der Waals surface area contributed by atoms with E-state index in [4.69, 9.17) is 9.47 Å². The van der Waals surface area contributed by atoms with Gasteiger partial charge in [0.2, 0.25) is 0 Å². The van der Waals surface area contributed by atoms with E-state index >= 15 is 0 Å². The van der Waals surface area contributed by atoms with Crippen LogP contribution in [0, 0.1) is 11.3 Å². The van der Waals surface area contributed by atoms with Gasteiger partial charge in [-0.1, -0.05) is 13.8 Å². The maximum absolute atomic E-state index is 12.5. The van der Waals surface area contributed by atoms with Crippen LogP contribution in [0.2, 0.25) is 0 Å². The molecule has 8 nitrogen and oxygen atoms in total. The largest absolute Gasteiger partial charge is 0.492 e. The molecule has 2 aromatic carbocycles. The van der Waals surface area contributed by atoms with Crippen LogP contribution in [-0.4, -0.2) is 52.8 Å². The predicted octanol–water partition coefficient (Wildman–Crippen LogP) is 5.68. The van der Waals surface area contributed by atoms with Gasteiger partial charge in [0.05, 0.1) is 23.2 Å². The summed E-state index contributed by atoms with van der Waals surface area (Å²) < 4.78 is 13.8. The van der Waals surface area contributed by atoms with Crippen molar-refractivity contribution in [2.24, 2.45) is 0 Å². The second-order valence-corrected chi connectivity index (χ2v) is 9.25. The fourth-order valence-electron chi connectivity index (χ4n) is 4.41. The van der Waals surface area contributed by atoms with Crippen LogP contribution >= 0.6 is 0 Å². The van der Waals surface area contributed by atoms with Crippen molar-refractivity contribution >= 4 is 27.8 Å². The van der Waals surface area contributed by atoms with Crippen molar-refractivity contribution in [3.63, 3.8) is 0 Å². The Balaban J connectivity index is 1.34. The topological polar surface area (TPSA) is 92.4 Å². The summed E-state index contributed by atoms with van der Waals surface area (Å²) in [4.78, 5) is 19.3. The lowest BCUT2D eigenvalue weighted by molar-refractivity contribution is 0.243. The van der Waals surface area contributed by atoms with Gasteiger partial charge >= 0.3 is 6.03 Å². The first-order chi connectivity index (χ1) is 18.1. The van der Waals surface area contributed by atoms with E-state index in [1.54, 1.807) is 35.2 Å². The van der Waals surface area contributed by atoms with Crippen LogP contribution in [0.3, 0.4) is 0 Å². The lowest BCUT2D eigenvalue weighted by Gasteiger charge is -2.18. The van der Waals surface area contributed by atoms with E-state index in [-0.39, 0.29) is 6.03 Å². The number of aromatic nitrogens is 2. The number of nitrogens with zero attached hydrogens (tertiary/aromatic N) is 4. The van der Waals surface area contributed by atoms with Gasteiger partial charge in [0.1, 0.15) is 23.3 Å². The Morgan fingerprint density at radius 1 is 1.16 bits per heavy atom. The molecule has 37 heavy (non-hydrogen) atoms. The minimum absolute atomic E-state index is 0.110. The number of fused-ring (bicyclic) bond motifs is 2. The quantitative estimate of drug-likeness (QED) is 0.283. The maximum atomic E-state index is 12.5.